The lowest BCUT2D eigenvalue weighted by Gasteiger charge is -2.15. The first-order valence-corrected chi connectivity index (χ1v) is 5.83. The summed E-state index contributed by atoms with van der Waals surface area (Å²) in [7, 11) is 0. The fraction of sp³-hybridized carbons (Fsp3) is 0.462. The number of rotatable bonds is 2. The number of benzene rings is 1. The van der Waals surface area contributed by atoms with Crippen molar-refractivity contribution in [2.24, 2.45) is 0 Å². The van der Waals surface area contributed by atoms with Crippen LogP contribution in [-0.4, -0.2) is 5.91 Å². The number of carbonyl (C=O) groups is 1. The fourth-order valence-corrected chi connectivity index (χ4v) is 1.30. The lowest BCUT2D eigenvalue weighted by Crippen LogP contribution is -2.16. The van der Waals surface area contributed by atoms with E-state index in [9.17, 15) is 18.0 Å². The van der Waals surface area contributed by atoms with E-state index in [0.29, 0.717) is 5.56 Å². The van der Waals surface area contributed by atoms with Crippen molar-refractivity contribution in [1.82, 2.24) is 0 Å². The maximum absolute atomic E-state index is 12.6. The number of para-hydroxylation sites is 1. The standard InChI is InChI=1S/C11H12F3NO.C2H6/c1-3-9(16)15-10-7(2)5-4-6-8(10)11(12,13)14;1-2/h4-6H,3H2,1-2H3,(H,15,16);1-2H3. The minimum Gasteiger partial charge on any atom is -0.325 e. The molecule has 5 heteroatoms. The second kappa shape index (κ2) is 7.03. The molecular formula is C13H18F3NO. The number of carbonyl (C=O) groups excluding carboxylic acids is 1. The van der Waals surface area contributed by atoms with Gasteiger partial charge in [0.25, 0.3) is 0 Å². The molecule has 1 amide bonds. The van der Waals surface area contributed by atoms with Gasteiger partial charge in [0.05, 0.1) is 11.3 Å². The van der Waals surface area contributed by atoms with Gasteiger partial charge in [-0.2, -0.15) is 13.2 Å². The van der Waals surface area contributed by atoms with Gasteiger partial charge in [-0.25, -0.2) is 0 Å². The molecule has 1 rings (SSSR count). The maximum Gasteiger partial charge on any atom is 0.418 e. The van der Waals surface area contributed by atoms with E-state index in [4.69, 9.17) is 0 Å². The third-order valence-electron chi connectivity index (χ3n) is 2.16. The van der Waals surface area contributed by atoms with Crippen LogP contribution in [-0.2, 0) is 11.0 Å². The average Bonchev–Trinajstić information content (AvgIpc) is 2.32. The number of hydrogen-bond donors (Lipinski definition) is 1. The van der Waals surface area contributed by atoms with E-state index in [1.54, 1.807) is 6.92 Å². The van der Waals surface area contributed by atoms with Crippen molar-refractivity contribution in [2.75, 3.05) is 5.32 Å². The smallest absolute Gasteiger partial charge is 0.325 e. The number of aryl methyl sites for hydroxylation is 1. The Labute approximate surface area is 105 Å². The molecule has 0 saturated carbocycles. The van der Waals surface area contributed by atoms with Gasteiger partial charge in [-0.15, -0.1) is 0 Å². The van der Waals surface area contributed by atoms with Gasteiger partial charge in [0.1, 0.15) is 0 Å². The lowest BCUT2D eigenvalue weighted by atomic mass is 10.1. The molecule has 0 aromatic heterocycles. The molecule has 18 heavy (non-hydrogen) atoms. The van der Waals surface area contributed by atoms with E-state index in [-0.39, 0.29) is 12.1 Å². The molecular weight excluding hydrogens is 243 g/mol. The SMILES string of the molecule is CC.CCC(=O)Nc1c(C)cccc1C(F)(F)F. The molecule has 0 atom stereocenters. The highest BCUT2D eigenvalue weighted by molar-refractivity contribution is 5.92. The number of alkyl halides is 3. The van der Waals surface area contributed by atoms with Crippen molar-refractivity contribution in [3.8, 4) is 0 Å². The highest BCUT2D eigenvalue weighted by Gasteiger charge is 2.34. The largest absolute Gasteiger partial charge is 0.418 e. The Balaban J connectivity index is 0.00000137. The van der Waals surface area contributed by atoms with Crippen LogP contribution >= 0.6 is 0 Å². The third kappa shape index (κ3) is 4.39. The molecule has 1 aromatic rings. The van der Waals surface area contributed by atoms with Crippen molar-refractivity contribution in [3.05, 3.63) is 29.3 Å². The van der Waals surface area contributed by atoms with Crippen molar-refractivity contribution in [3.63, 3.8) is 0 Å². The summed E-state index contributed by atoms with van der Waals surface area (Å²) in [6.45, 7) is 7.11. The third-order valence-corrected chi connectivity index (χ3v) is 2.16. The van der Waals surface area contributed by atoms with Gasteiger partial charge in [-0.1, -0.05) is 32.9 Å². The number of nitrogens with one attached hydrogen (secondary N) is 1. The monoisotopic (exact) mass is 261 g/mol. The maximum atomic E-state index is 12.6. The quantitative estimate of drug-likeness (QED) is 0.840. The summed E-state index contributed by atoms with van der Waals surface area (Å²) in [6.07, 6.45) is -4.31. The summed E-state index contributed by atoms with van der Waals surface area (Å²) in [5, 5.41) is 2.28. The first kappa shape index (κ1) is 16.5. The Kier molecular flexibility index (Phi) is 6.44. The molecule has 0 aliphatic rings. The highest BCUT2D eigenvalue weighted by atomic mass is 19.4. The Morgan fingerprint density at radius 2 is 1.83 bits per heavy atom. The van der Waals surface area contributed by atoms with Gasteiger partial charge in [0.15, 0.2) is 0 Å². The van der Waals surface area contributed by atoms with Gasteiger partial charge < -0.3 is 5.32 Å². The van der Waals surface area contributed by atoms with E-state index < -0.39 is 17.6 Å². The normalized spacial score (nSPS) is 10.4. The van der Waals surface area contributed by atoms with Gasteiger partial charge in [0.2, 0.25) is 5.91 Å². The minimum atomic E-state index is -4.46. The number of halogens is 3. The summed E-state index contributed by atoms with van der Waals surface area (Å²) in [5.74, 6) is -0.431. The molecule has 0 bridgehead atoms. The van der Waals surface area contributed by atoms with E-state index in [2.05, 4.69) is 5.32 Å². The van der Waals surface area contributed by atoms with Crippen LogP contribution in [0.5, 0.6) is 0 Å². The molecule has 0 saturated heterocycles. The molecule has 0 aliphatic heterocycles. The topological polar surface area (TPSA) is 29.1 Å². The Hall–Kier alpha value is -1.52. The first-order valence-electron chi connectivity index (χ1n) is 5.83. The zero-order valence-electron chi connectivity index (χ0n) is 11.0. The molecule has 0 unspecified atom stereocenters. The van der Waals surface area contributed by atoms with Crippen LogP contribution in [0.2, 0.25) is 0 Å². The van der Waals surface area contributed by atoms with Gasteiger partial charge >= 0.3 is 6.18 Å². The van der Waals surface area contributed by atoms with Crippen LogP contribution in [0.1, 0.15) is 38.3 Å². The second-order valence-electron chi connectivity index (χ2n) is 3.40. The molecule has 0 heterocycles. The summed E-state index contributed by atoms with van der Waals surface area (Å²) in [4.78, 5) is 11.1. The van der Waals surface area contributed by atoms with Crippen LogP contribution < -0.4 is 5.32 Å². The molecule has 0 spiro atoms. The average molecular weight is 261 g/mol. The van der Waals surface area contributed by atoms with E-state index in [0.717, 1.165) is 6.07 Å². The summed E-state index contributed by atoms with van der Waals surface area (Å²) < 4.78 is 37.9. The van der Waals surface area contributed by atoms with Crippen LogP contribution in [0, 0.1) is 6.92 Å². The number of amides is 1. The van der Waals surface area contributed by atoms with E-state index >= 15 is 0 Å². The predicted octanol–water partition coefficient (Wildman–Crippen LogP) is 4.39. The summed E-state index contributed by atoms with van der Waals surface area (Å²) >= 11 is 0. The van der Waals surface area contributed by atoms with E-state index in [1.807, 2.05) is 13.8 Å². The molecule has 1 N–H and O–H groups in total. The summed E-state index contributed by atoms with van der Waals surface area (Å²) in [6, 6.07) is 3.80. The van der Waals surface area contributed by atoms with Crippen LogP contribution in [0.25, 0.3) is 0 Å². The van der Waals surface area contributed by atoms with Gasteiger partial charge in [-0.05, 0) is 18.6 Å². The number of anilines is 1. The molecule has 102 valence electrons. The van der Waals surface area contributed by atoms with Crippen LogP contribution in [0.4, 0.5) is 18.9 Å². The Bertz CT molecular complexity index is 400. The van der Waals surface area contributed by atoms with Crippen molar-refractivity contribution in [2.45, 2.75) is 40.3 Å². The van der Waals surface area contributed by atoms with Crippen LogP contribution in [0.15, 0.2) is 18.2 Å². The van der Waals surface area contributed by atoms with Gasteiger partial charge in [-0.3, -0.25) is 4.79 Å². The van der Waals surface area contributed by atoms with Crippen molar-refractivity contribution in [1.29, 1.82) is 0 Å². The van der Waals surface area contributed by atoms with Crippen molar-refractivity contribution >= 4 is 11.6 Å². The molecule has 2 nitrogen and oxygen atoms in total. The first-order chi connectivity index (χ1) is 8.36. The zero-order valence-corrected chi connectivity index (χ0v) is 11.0. The molecule has 1 aromatic carbocycles. The highest BCUT2D eigenvalue weighted by Crippen LogP contribution is 2.36. The van der Waals surface area contributed by atoms with Gasteiger partial charge in [0, 0.05) is 6.42 Å². The molecule has 0 radical (unpaired) electrons. The molecule has 0 fully saturated rings. The summed E-state index contributed by atoms with van der Waals surface area (Å²) in [5.41, 5.74) is -0.562. The lowest BCUT2D eigenvalue weighted by molar-refractivity contribution is -0.137. The fourth-order valence-electron chi connectivity index (χ4n) is 1.30. The Morgan fingerprint density at radius 1 is 1.28 bits per heavy atom. The van der Waals surface area contributed by atoms with Crippen molar-refractivity contribution < 1.29 is 18.0 Å². The van der Waals surface area contributed by atoms with E-state index in [1.165, 1.54) is 19.1 Å². The zero-order chi connectivity index (χ0) is 14.3. The number of hydrogen-bond acceptors (Lipinski definition) is 1. The Morgan fingerprint density at radius 3 is 2.28 bits per heavy atom. The molecule has 0 aliphatic carbocycles. The van der Waals surface area contributed by atoms with Crippen LogP contribution in [0.3, 0.4) is 0 Å². The predicted molar refractivity (Wildman–Crippen MR) is 66.4 cm³/mol. The minimum absolute atomic E-state index is 0.144. The second-order valence-corrected chi connectivity index (χ2v) is 3.40.